The zero-order valence-electron chi connectivity index (χ0n) is 6.41. The molecule has 0 aromatic carbocycles. The van der Waals surface area contributed by atoms with Crippen molar-refractivity contribution < 1.29 is 0 Å². The molecular weight excluding hydrogens is 122 g/mol. The molecule has 1 heteroatoms. The lowest BCUT2D eigenvalue weighted by atomic mass is 9.85. The number of nitrogens with one attached hydrogen (secondary N) is 1. The fraction of sp³-hybridized carbons (Fsp3) is 0.556. The third kappa shape index (κ3) is 1.58. The molecule has 1 aliphatic rings. The second-order valence-corrected chi connectivity index (χ2v) is 3.17. The predicted octanol–water partition coefficient (Wildman–Crippen LogP) is 2.54. The molecule has 0 heterocycles. The lowest BCUT2D eigenvalue weighted by molar-refractivity contribution is 0.528. The van der Waals surface area contributed by atoms with Crippen LogP contribution in [-0.2, 0) is 0 Å². The van der Waals surface area contributed by atoms with Crippen LogP contribution in [0.25, 0.3) is 0 Å². The van der Waals surface area contributed by atoms with E-state index in [9.17, 15) is 0 Å². The second-order valence-electron chi connectivity index (χ2n) is 3.17. The third-order valence-corrected chi connectivity index (χ3v) is 1.87. The fourth-order valence-corrected chi connectivity index (χ4v) is 1.53. The van der Waals surface area contributed by atoms with E-state index in [4.69, 9.17) is 5.41 Å². The van der Waals surface area contributed by atoms with E-state index >= 15 is 0 Å². The molecule has 0 radical (unpaired) electrons. The summed E-state index contributed by atoms with van der Waals surface area (Å²) < 4.78 is 0. The van der Waals surface area contributed by atoms with E-state index in [0.29, 0.717) is 5.92 Å². The number of hydrogen-bond acceptors (Lipinski definition) is 1. The van der Waals surface area contributed by atoms with E-state index in [1.165, 1.54) is 5.57 Å². The first kappa shape index (κ1) is 7.30. The molecule has 0 bridgehead atoms. The summed E-state index contributed by atoms with van der Waals surface area (Å²) in [5.41, 5.74) is 2.37. The van der Waals surface area contributed by atoms with Crippen molar-refractivity contribution in [1.82, 2.24) is 0 Å². The summed E-state index contributed by atoms with van der Waals surface area (Å²) in [4.78, 5) is 0. The number of allylic oxidation sites excluding steroid dienone is 2. The Bertz CT molecular complexity index is 197. The van der Waals surface area contributed by atoms with Gasteiger partial charge in [-0.05, 0) is 36.6 Å². The molecule has 0 spiro atoms. The molecule has 10 heavy (non-hydrogen) atoms. The molecule has 1 fully saturated rings. The quantitative estimate of drug-likeness (QED) is 0.390. The normalized spacial score (nSPS) is 26.3. The van der Waals surface area contributed by atoms with Crippen molar-refractivity contribution in [3.8, 4) is 0 Å². The van der Waals surface area contributed by atoms with Crippen LogP contribution >= 0.6 is 0 Å². The molecule has 0 saturated heterocycles. The van der Waals surface area contributed by atoms with Crippen LogP contribution in [-0.4, -0.2) is 5.87 Å². The Morgan fingerprint density at radius 2 is 2.30 bits per heavy atom. The largest absolute Gasteiger partial charge is 0.259 e. The van der Waals surface area contributed by atoms with Crippen molar-refractivity contribution in [2.75, 3.05) is 0 Å². The van der Waals surface area contributed by atoms with Crippen molar-refractivity contribution >= 4 is 5.87 Å². The van der Waals surface area contributed by atoms with Gasteiger partial charge in [-0.3, -0.25) is 5.41 Å². The lowest BCUT2D eigenvalue weighted by Gasteiger charge is -2.20. The highest BCUT2D eigenvalue weighted by atomic mass is 14.3. The first-order chi connectivity index (χ1) is 4.72. The van der Waals surface area contributed by atoms with Crippen LogP contribution < -0.4 is 0 Å². The SMILES string of the molecule is C=C1CC(=C=N)CC(C)C1. The van der Waals surface area contributed by atoms with Crippen molar-refractivity contribution in [3.05, 3.63) is 17.7 Å². The van der Waals surface area contributed by atoms with Crippen molar-refractivity contribution in [1.29, 1.82) is 5.41 Å². The number of rotatable bonds is 0. The summed E-state index contributed by atoms with van der Waals surface area (Å²) >= 11 is 0. The van der Waals surface area contributed by atoms with Crippen LogP contribution in [0.3, 0.4) is 0 Å². The molecule has 1 rings (SSSR count). The fourth-order valence-electron chi connectivity index (χ4n) is 1.53. The molecule has 1 unspecified atom stereocenters. The van der Waals surface area contributed by atoms with E-state index in [1.807, 2.05) is 0 Å². The number of hydrogen-bond donors (Lipinski definition) is 1. The summed E-state index contributed by atoms with van der Waals surface area (Å²) in [6.45, 7) is 6.11. The second kappa shape index (κ2) is 2.85. The molecule has 1 aliphatic carbocycles. The summed E-state index contributed by atoms with van der Waals surface area (Å²) in [6.07, 6.45) is 3.08. The molecule has 0 aromatic rings. The minimum atomic E-state index is 0.675. The smallest absolute Gasteiger partial charge is 0.00193 e. The van der Waals surface area contributed by atoms with Gasteiger partial charge in [-0.25, -0.2) is 0 Å². The molecule has 1 N–H and O–H groups in total. The lowest BCUT2D eigenvalue weighted by Crippen LogP contribution is -2.06. The molecule has 1 saturated carbocycles. The average molecular weight is 135 g/mol. The predicted molar refractivity (Wildman–Crippen MR) is 43.4 cm³/mol. The molecule has 54 valence electrons. The zero-order valence-corrected chi connectivity index (χ0v) is 6.41. The summed E-state index contributed by atoms with van der Waals surface area (Å²) in [5.74, 6) is 3.15. The van der Waals surface area contributed by atoms with E-state index < -0.39 is 0 Å². The standard InChI is InChI=1S/C9H13N/c1-7-3-8(2)5-9(4-7)6-10/h8,10H,1,3-5H2,2H3. The molecule has 0 amide bonds. The highest BCUT2D eigenvalue weighted by Gasteiger charge is 2.14. The van der Waals surface area contributed by atoms with Crippen LogP contribution in [0, 0.1) is 11.3 Å². The first-order valence-electron chi connectivity index (χ1n) is 3.66. The van der Waals surface area contributed by atoms with Crippen LogP contribution in [0.5, 0.6) is 0 Å². The van der Waals surface area contributed by atoms with Gasteiger partial charge in [-0.2, -0.15) is 0 Å². The van der Waals surface area contributed by atoms with E-state index in [-0.39, 0.29) is 0 Å². The highest BCUT2D eigenvalue weighted by Crippen LogP contribution is 2.29. The maximum atomic E-state index is 6.95. The van der Waals surface area contributed by atoms with Gasteiger partial charge >= 0.3 is 0 Å². The van der Waals surface area contributed by atoms with Crippen LogP contribution in [0.15, 0.2) is 17.7 Å². The van der Waals surface area contributed by atoms with Gasteiger partial charge in [0.05, 0.1) is 0 Å². The first-order valence-corrected chi connectivity index (χ1v) is 3.66. The molecule has 0 aliphatic heterocycles. The zero-order chi connectivity index (χ0) is 7.56. The van der Waals surface area contributed by atoms with Crippen LogP contribution in [0.1, 0.15) is 26.2 Å². The minimum Gasteiger partial charge on any atom is -0.259 e. The summed E-state index contributed by atoms with van der Waals surface area (Å²) in [7, 11) is 0. The van der Waals surface area contributed by atoms with Gasteiger partial charge in [0.15, 0.2) is 0 Å². The summed E-state index contributed by atoms with van der Waals surface area (Å²) in [6, 6.07) is 0. The topological polar surface area (TPSA) is 23.9 Å². The average Bonchev–Trinajstić information content (AvgIpc) is 1.85. The third-order valence-electron chi connectivity index (χ3n) is 1.87. The van der Waals surface area contributed by atoms with Crippen molar-refractivity contribution in [2.45, 2.75) is 26.2 Å². The van der Waals surface area contributed by atoms with Gasteiger partial charge in [0.2, 0.25) is 0 Å². The monoisotopic (exact) mass is 135 g/mol. The Hall–Kier alpha value is -0.810. The van der Waals surface area contributed by atoms with Crippen molar-refractivity contribution in [2.24, 2.45) is 5.92 Å². The van der Waals surface area contributed by atoms with Gasteiger partial charge in [-0.15, -0.1) is 0 Å². The molecular formula is C9H13N. The Balaban J connectivity index is 2.68. The Labute approximate surface area is 62.0 Å². The van der Waals surface area contributed by atoms with Gasteiger partial charge in [-0.1, -0.05) is 19.1 Å². The van der Waals surface area contributed by atoms with E-state index in [2.05, 4.69) is 19.4 Å². The van der Waals surface area contributed by atoms with Crippen LogP contribution in [0.2, 0.25) is 0 Å². The van der Waals surface area contributed by atoms with Gasteiger partial charge < -0.3 is 0 Å². The van der Waals surface area contributed by atoms with Crippen LogP contribution in [0.4, 0.5) is 0 Å². The molecule has 0 aromatic heterocycles. The van der Waals surface area contributed by atoms with E-state index in [1.54, 1.807) is 0 Å². The maximum Gasteiger partial charge on any atom is -0.00193 e. The minimum absolute atomic E-state index is 0.675. The van der Waals surface area contributed by atoms with E-state index in [0.717, 1.165) is 24.8 Å². The molecule has 1 atom stereocenters. The highest BCUT2D eigenvalue weighted by molar-refractivity contribution is 5.56. The maximum absolute atomic E-state index is 6.95. The molecule has 1 nitrogen and oxygen atoms in total. The Morgan fingerprint density at radius 1 is 1.60 bits per heavy atom. The Kier molecular flexibility index (Phi) is 2.08. The summed E-state index contributed by atoms with van der Waals surface area (Å²) in [5, 5.41) is 6.95. The van der Waals surface area contributed by atoms with Crippen molar-refractivity contribution in [3.63, 3.8) is 0 Å². The van der Waals surface area contributed by atoms with Gasteiger partial charge in [0.25, 0.3) is 0 Å². The van der Waals surface area contributed by atoms with Gasteiger partial charge in [0.1, 0.15) is 0 Å². The van der Waals surface area contributed by atoms with Gasteiger partial charge in [0, 0.05) is 0 Å². The Morgan fingerprint density at radius 3 is 2.80 bits per heavy atom.